The fourth-order valence-corrected chi connectivity index (χ4v) is 1.66. The highest BCUT2D eigenvalue weighted by atomic mass is 16.6. The van der Waals surface area contributed by atoms with Crippen molar-refractivity contribution >= 4 is 17.5 Å². The van der Waals surface area contributed by atoms with Crippen LogP contribution in [0.2, 0.25) is 0 Å². The summed E-state index contributed by atoms with van der Waals surface area (Å²) in [6, 6.07) is 0. The topological polar surface area (TPSA) is 110 Å². The molecule has 19 heavy (non-hydrogen) atoms. The number of carboxylic acid groups (broad SMARTS) is 1. The molecule has 0 spiro atoms. The number of anilines is 1. The lowest BCUT2D eigenvalue weighted by molar-refractivity contribution is -0.384. The number of rotatable bonds is 6. The summed E-state index contributed by atoms with van der Waals surface area (Å²) in [5.74, 6) is -0.603. The van der Waals surface area contributed by atoms with Crippen LogP contribution in [-0.2, 0) is 11.8 Å². The molecule has 0 radical (unpaired) electrons. The van der Waals surface area contributed by atoms with E-state index in [0.29, 0.717) is 24.5 Å². The number of carbonyl (C=O) groups is 1. The average molecular weight is 270 g/mol. The molecule has 106 valence electrons. The molecule has 1 aromatic heterocycles. The largest absolute Gasteiger partial charge is 0.481 e. The van der Waals surface area contributed by atoms with Gasteiger partial charge in [0, 0.05) is 13.6 Å². The average Bonchev–Trinajstić information content (AvgIpc) is 2.53. The second-order valence-corrected chi connectivity index (χ2v) is 5.03. The lowest BCUT2D eigenvalue weighted by Crippen LogP contribution is -2.26. The van der Waals surface area contributed by atoms with E-state index in [9.17, 15) is 14.9 Å². The van der Waals surface area contributed by atoms with Crippen molar-refractivity contribution in [1.29, 1.82) is 0 Å². The normalized spacial score (nSPS) is 11.4. The Morgan fingerprint density at radius 2 is 2.16 bits per heavy atom. The Morgan fingerprint density at radius 3 is 2.63 bits per heavy atom. The van der Waals surface area contributed by atoms with Gasteiger partial charge in [0.2, 0.25) is 5.82 Å². The van der Waals surface area contributed by atoms with Gasteiger partial charge in [-0.3, -0.25) is 14.9 Å². The van der Waals surface area contributed by atoms with E-state index in [1.807, 2.05) is 0 Å². The summed E-state index contributed by atoms with van der Waals surface area (Å²) in [7, 11) is 1.60. The van der Waals surface area contributed by atoms with Crippen LogP contribution in [0, 0.1) is 22.5 Å². The molecule has 0 atom stereocenters. The first-order chi connectivity index (χ1) is 8.66. The molecule has 0 saturated heterocycles. The zero-order chi connectivity index (χ0) is 14.8. The summed E-state index contributed by atoms with van der Waals surface area (Å²) in [6.45, 7) is 5.10. The van der Waals surface area contributed by atoms with Crippen molar-refractivity contribution in [2.75, 3.05) is 11.9 Å². The molecule has 1 rings (SSSR count). The zero-order valence-electron chi connectivity index (χ0n) is 11.4. The van der Waals surface area contributed by atoms with E-state index < -0.39 is 16.3 Å². The van der Waals surface area contributed by atoms with Crippen LogP contribution in [0.4, 0.5) is 11.5 Å². The van der Waals surface area contributed by atoms with Crippen LogP contribution in [-0.4, -0.2) is 32.3 Å². The van der Waals surface area contributed by atoms with Gasteiger partial charge < -0.3 is 10.4 Å². The van der Waals surface area contributed by atoms with Crippen molar-refractivity contribution < 1.29 is 14.8 Å². The van der Waals surface area contributed by atoms with E-state index in [2.05, 4.69) is 10.4 Å². The Labute approximate surface area is 110 Å². The first kappa shape index (κ1) is 14.9. The highest BCUT2D eigenvalue weighted by Gasteiger charge is 2.28. The summed E-state index contributed by atoms with van der Waals surface area (Å²) >= 11 is 0. The summed E-state index contributed by atoms with van der Waals surface area (Å²) in [6.07, 6.45) is 0.351. The van der Waals surface area contributed by atoms with Crippen LogP contribution < -0.4 is 5.32 Å². The van der Waals surface area contributed by atoms with Crippen LogP contribution in [0.3, 0.4) is 0 Å². The Bertz CT molecular complexity index is 507. The number of nitrogens with zero attached hydrogens (tertiary/aromatic N) is 3. The van der Waals surface area contributed by atoms with Gasteiger partial charge in [0.15, 0.2) is 0 Å². The SMILES string of the molecule is Cc1nn(C)c(NCCC(C)(C)C(=O)O)c1[N+](=O)[O-]. The molecule has 8 nitrogen and oxygen atoms in total. The molecule has 0 saturated carbocycles. The number of carboxylic acids is 1. The molecule has 0 aliphatic carbocycles. The molecular weight excluding hydrogens is 252 g/mol. The maximum absolute atomic E-state index is 11.0. The summed E-state index contributed by atoms with van der Waals surface area (Å²) < 4.78 is 1.39. The maximum atomic E-state index is 11.0. The quantitative estimate of drug-likeness (QED) is 0.599. The van der Waals surface area contributed by atoms with Gasteiger partial charge in [-0.15, -0.1) is 0 Å². The van der Waals surface area contributed by atoms with Crippen LogP contribution in [0.25, 0.3) is 0 Å². The number of aryl methyl sites for hydroxylation is 2. The highest BCUT2D eigenvalue weighted by Crippen LogP contribution is 2.28. The van der Waals surface area contributed by atoms with Crippen LogP contribution in [0.5, 0.6) is 0 Å². The van der Waals surface area contributed by atoms with E-state index in [1.165, 1.54) is 4.68 Å². The molecule has 2 N–H and O–H groups in total. The summed E-state index contributed by atoms with van der Waals surface area (Å²) in [5.41, 5.74) is -0.627. The van der Waals surface area contributed by atoms with Gasteiger partial charge in [-0.1, -0.05) is 0 Å². The zero-order valence-corrected chi connectivity index (χ0v) is 11.4. The molecule has 1 heterocycles. The number of nitro groups is 1. The minimum Gasteiger partial charge on any atom is -0.481 e. The lowest BCUT2D eigenvalue weighted by atomic mass is 9.90. The molecular formula is C11H18N4O4. The number of nitrogens with one attached hydrogen (secondary N) is 1. The first-order valence-electron chi connectivity index (χ1n) is 5.82. The number of aromatic nitrogens is 2. The summed E-state index contributed by atoms with van der Waals surface area (Å²) in [4.78, 5) is 21.4. The van der Waals surface area contributed by atoms with Gasteiger partial charge in [-0.05, 0) is 27.2 Å². The molecule has 0 fully saturated rings. The molecule has 0 unspecified atom stereocenters. The molecule has 0 aliphatic rings. The second-order valence-electron chi connectivity index (χ2n) is 5.03. The monoisotopic (exact) mass is 270 g/mol. The van der Waals surface area contributed by atoms with Crippen molar-refractivity contribution in [3.8, 4) is 0 Å². The van der Waals surface area contributed by atoms with Crippen molar-refractivity contribution in [1.82, 2.24) is 9.78 Å². The van der Waals surface area contributed by atoms with Gasteiger partial charge in [-0.25, -0.2) is 4.68 Å². The van der Waals surface area contributed by atoms with Crippen LogP contribution in [0.1, 0.15) is 26.0 Å². The number of aliphatic carboxylic acids is 1. The van der Waals surface area contributed by atoms with E-state index in [-0.39, 0.29) is 5.69 Å². The Kier molecular flexibility index (Phi) is 4.13. The van der Waals surface area contributed by atoms with Gasteiger partial charge in [0.25, 0.3) is 0 Å². The van der Waals surface area contributed by atoms with E-state index >= 15 is 0 Å². The van der Waals surface area contributed by atoms with Gasteiger partial charge in [0.05, 0.1) is 10.3 Å². The summed E-state index contributed by atoms with van der Waals surface area (Å²) in [5, 5.41) is 26.8. The van der Waals surface area contributed by atoms with E-state index in [1.54, 1.807) is 27.8 Å². The third-order valence-electron chi connectivity index (χ3n) is 2.99. The molecule has 8 heteroatoms. The first-order valence-corrected chi connectivity index (χ1v) is 5.82. The Balaban J connectivity index is 2.79. The highest BCUT2D eigenvalue weighted by molar-refractivity contribution is 5.73. The predicted molar refractivity (Wildman–Crippen MR) is 69.1 cm³/mol. The van der Waals surface area contributed by atoms with Gasteiger partial charge >= 0.3 is 11.7 Å². The smallest absolute Gasteiger partial charge is 0.333 e. The second kappa shape index (κ2) is 5.25. The minimum absolute atomic E-state index is 0.0735. The van der Waals surface area contributed by atoms with Crippen molar-refractivity contribution in [2.24, 2.45) is 12.5 Å². The minimum atomic E-state index is -0.898. The van der Waals surface area contributed by atoms with Crippen molar-refractivity contribution in [2.45, 2.75) is 27.2 Å². The van der Waals surface area contributed by atoms with Crippen LogP contribution >= 0.6 is 0 Å². The molecule has 1 aromatic rings. The standard InChI is InChI=1S/C11H18N4O4/c1-7-8(15(18)19)9(14(4)13-7)12-6-5-11(2,3)10(16)17/h12H,5-6H2,1-4H3,(H,16,17). The van der Waals surface area contributed by atoms with E-state index in [0.717, 1.165) is 0 Å². The molecule has 0 aliphatic heterocycles. The molecule has 0 bridgehead atoms. The van der Waals surface area contributed by atoms with Gasteiger partial charge in [-0.2, -0.15) is 5.10 Å². The number of hydrogen-bond donors (Lipinski definition) is 2. The van der Waals surface area contributed by atoms with Crippen LogP contribution in [0.15, 0.2) is 0 Å². The third kappa shape index (κ3) is 3.21. The maximum Gasteiger partial charge on any atom is 0.333 e. The lowest BCUT2D eigenvalue weighted by Gasteiger charge is -2.19. The number of hydrogen-bond acceptors (Lipinski definition) is 5. The van der Waals surface area contributed by atoms with Crippen molar-refractivity contribution in [3.63, 3.8) is 0 Å². The van der Waals surface area contributed by atoms with E-state index in [4.69, 9.17) is 5.11 Å². The van der Waals surface area contributed by atoms with Crippen molar-refractivity contribution in [3.05, 3.63) is 15.8 Å². The third-order valence-corrected chi connectivity index (χ3v) is 2.99. The molecule has 0 amide bonds. The fraction of sp³-hybridized carbons (Fsp3) is 0.636. The fourth-order valence-electron chi connectivity index (χ4n) is 1.66. The van der Waals surface area contributed by atoms with Gasteiger partial charge in [0.1, 0.15) is 5.69 Å². The Morgan fingerprint density at radius 1 is 1.58 bits per heavy atom. The predicted octanol–water partition coefficient (Wildman–Crippen LogP) is 1.55. The molecule has 0 aromatic carbocycles. The Hall–Kier alpha value is -2.12.